The fourth-order valence-corrected chi connectivity index (χ4v) is 3.63. The molecule has 0 aliphatic carbocycles. The number of likely N-dealkylation sites (N-methyl/N-ethyl adjacent to an activating group) is 1. The minimum atomic E-state index is -0.0850. The number of anilines is 1. The molecule has 6 heteroatoms. The van der Waals surface area contributed by atoms with Crippen molar-refractivity contribution in [2.75, 3.05) is 18.5 Å². The third kappa shape index (κ3) is 3.18. The Morgan fingerprint density at radius 1 is 1.32 bits per heavy atom. The first-order valence-corrected chi connectivity index (χ1v) is 8.32. The van der Waals surface area contributed by atoms with Gasteiger partial charge in [0.15, 0.2) is 0 Å². The Morgan fingerprint density at radius 2 is 2.09 bits per heavy atom. The van der Waals surface area contributed by atoms with Gasteiger partial charge in [-0.05, 0) is 38.9 Å². The molecule has 22 heavy (non-hydrogen) atoms. The van der Waals surface area contributed by atoms with Crippen LogP contribution in [0.25, 0.3) is 0 Å². The van der Waals surface area contributed by atoms with Crippen molar-refractivity contribution in [3.63, 3.8) is 0 Å². The Kier molecular flexibility index (Phi) is 4.49. The van der Waals surface area contributed by atoms with Crippen molar-refractivity contribution in [2.45, 2.75) is 32.4 Å². The Morgan fingerprint density at radius 3 is 2.77 bits per heavy atom. The molecule has 1 atom stereocenters. The van der Waals surface area contributed by atoms with Gasteiger partial charge in [0.2, 0.25) is 5.91 Å². The number of para-hydroxylation sites is 1. The fraction of sp³-hybridized carbons (Fsp3) is 0.438. The van der Waals surface area contributed by atoms with Crippen molar-refractivity contribution >= 4 is 22.9 Å². The number of carbonyl (C=O) groups excluding carboxylic acids is 1. The molecule has 1 aromatic carbocycles. The SMILES string of the molecule is Cc1nnc(CN(C)C2CCCN(c3ccccc3)C2=O)s1. The molecule has 2 aromatic rings. The molecule has 0 spiro atoms. The normalized spacial score (nSPS) is 19.0. The average Bonchev–Trinajstić information content (AvgIpc) is 2.93. The van der Waals surface area contributed by atoms with E-state index in [0.29, 0.717) is 6.54 Å². The molecule has 0 saturated carbocycles. The molecule has 2 heterocycles. The molecule has 1 aliphatic rings. The van der Waals surface area contributed by atoms with Crippen LogP contribution in [-0.2, 0) is 11.3 Å². The number of amides is 1. The maximum absolute atomic E-state index is 12.8. The minimum absolute atomic E-state index is 0.0850. The smallest absolute Gasteiger partial charge is 0.244 e. The molecule has 116 valence electrons. The molecule has 1 aliphatic heterocycles. The Labute approximate surface area is 134 Å². The van der Waals surface area contributed by atoms with Gasteiger partial charge in [-0.15, -0.1) is 21.5 Å². The molecule has 1 saturated heterocycles. The number of rotatable bonds is 4. The zero-order valence-electron chi connectivity index (χ0n) is 12.9. The van der Waals surface area contributed by atoms with Crippen molar-refractivity contribution in [3.05, 3.63) is 40.3 Å². The molecule has 1 amide bonds. The monoisotopic (exact) mass is 316 g/mol. The Bertz CT molecular complexity index is 643. The van der Waals surface area contributed by atoms with E-state index in [1.165, 1.54) is 0 Å². The first-order chi connectivity index (χ1) is 10.6. The van der Waals surface area contributed by atoms with Gasteiger partial charge < -0.3 is 4.90 Å². The van der Waals surface area contributed by atoms with Crippen LogP contribution in [-0.4, -0.2) is 40.6 Å². The molecule has 0 radical (unpaired) electrons. The summed E-state index contributed by atoms with van der Waals surface area (Å²) in [4.78, 5) is 16.8. The van der Waals surface area contributed by atoms with Crippen LogP contribution in [0.3, 0.4) is 0 Å². The largest absolute Gasteiger partial charge is 0.311 e. The van der Waals surface area contributed by atoms with E-state index in [1.54, 1.807) is 11.3 Å². The zero-order valence-corrected chi connectivity index (χ0v) is 13.7. The molecule has 0 N–H and O–H groups in total. The summed E-state index contributed by atoms with van der Waals surface area (Å²) in [6.45, 7) is 3.42. The van der Waals surface area contributed by atoms with Crippen LogP contribution >= 0.6 is 11.3 Å². The number of benzene rings is 1. The summed E-state index contributed by atoms with van der Waals surface area (Å²) in [6.07, 6.45) is 1.92. The van der Waals surface area contributed by atoms with E-state index in [9.17, 15) is 4.79 Å². The molecular weight excluding hydrogens is 296 g/mol. The van der Waals surface area contributed by atoms with Crippen LogP contribution in [0.5, 0.6) is 0 Å². The van der Waals surface area contributed by atoms with Crippen LogP contribution in [0.2, 0.25) is 0 Å². The van der Waals surface area contributed by atoms with Crippen LogP contribution in [0.4, 0.5) is 5.69 Å². The Hall–Kier alpha value is -1.79. The second-order valence-corrected chi connectivity index (χ2v) is 6.88. The lowest BCUT2D eigenvalue weighted by molar-refractivity contribution is -0.125. The van der Waals surface area contributed by atoms with Crippen molar-refractivity contribution in [2.24, 2.45) is 0 Å². The topological polar surface area (TPSA) is 49.3 Å². The lowest BCUT2D eigenvalue weighted by atomic mass is 10.0. The van der Waals surface area contributed by atoms with Crippen LogP contribution in [0.15, 0.2) is 30.3 Å². The number of hydrogen-bond acceptors (Lipinski definition) is 5. The first kappa shape index (κ1) is 15.1. The van der Waals surface area contributed by atoms with E-state index in [1.807, 2.05) is 49.2 Å². The molecule has 1 unspecified atom stereocenters. The maximum Gasteiger partial charge on any atom is 0.244 e. The van der Waals surface area contributed by atoms with Gasteiger partial charge in [0.05, 0.1) is 12.6 Å². The predicted octanol–water partition coefficient (Wildman–Crippen LogP) is 2.47. The van der Waals surface area contributed by atoms with Crippen LogP contribution in [0.1, 0.15) is 22.9 Å². The van der Waals surface area contributed by atoms with Gasteiger partial charge in [0.1, 0.15) is 10.0 Å². The van der Waals surface area contributed by atoms with E-state index in [0.717, 1.165) is 35.1 Å². The van der Waals surface area contributed by atoms with Crippen molar-refractivity contribution in [3.8, 4) is 0 Å². The number of hydrogen-bond donors (Lipinski definition) is 0. The van der Waals surface area contributed by atoms with Gasteiger partial charge in [-0.2, -0.15) is 0 Å². The number of aryl methyl sites for hydroxylation is 1. The van der Waals surface area contributed by atoms with Crippen molar-refractivity contribution in [1.82, 2.24) is 15.1 Å². The van der Waals surface area contributed by atoms with Crippen LogP contribution < -0.4 is 4.90 Å². The quantitative estimate of drug-likeness (QED) is 0.869. The first-order valence-electron chi connectivity index (χ1n) is 7.51. The highest BCUT2D eigenvalue weighted by molar-refractivity contribution is 7.11. The number of nitrogens with zero attached hydrogens (tertiary/aromatic N) is 4. The predicted molar refractivity (Wildman–Crippen MR) is 87.9 cm³/mol. The summed E-state index contributed by atoms with van der Waals surface area (Å²) in [5.74, 6) is 0.182. The summed E-state index contributed by atoms with van der Waals surface area (Å²) in [6, 6.07) is 9.82. The van der Waals surface area contributed by atoms with Gasteiger partial charge >= 0.3 is 0 Å². The summed E-state index contributed by atoms with van der Waals surface area (Å²) >= 11 is 1.59. The second-order valence-electron chi connectivity index (χ2n) is 5.61. The summed E-state index contributed by atoms with van der Waals surface area (Å²) < 4.78 is 0. The van der Waals surface area contributed by atoms with E-state index in [-0.39, 0.29) is 11.9 Å². The third-order valence-corrected chi connectivity index (χ3v) is 4.79. The van der Waals surface area contributed by atoms with E-state index < -0.39 is 0 Å². The maximum atomic E-state index is 12.8. The number of piperidine rings is 1. The summed E-state index contributed by atoms with van der Waals surface area (Å²) in [5, 5.41) is 10.1. The minimum Gasteiger partial charge on any atom is -0.311 e. The van der Waals surface area contributed by atoms with Crippen LogP contribution in [0, 0.1) is 6.92 Å². The number of aromatic nitrogens is 2. The van der Waals surface area contributed by atoms with E-state index in [4.69, 9.17) is 0 Å². The average molecular weight is 316 g/mol. The number of carbonyl (C=O) groups is 1. The lowest BCUT2D eigenvalue weighted by Crippen LogP contribution is -2.51. The van der Waals surface area contributed by atoms with E-state index in [2.05, 4.69) is 15.1 Å². The highest BCUT2D eigenvalue weighted by Gasteiger charge is 2.32. The molecule has 1 fully saturated rings. The highest BCUT2D eigenvalue weighted by Crippen LogP contribution is 2.24. The van der Waals surface area contributed by atoms with Crippen molar-refractivity contribution < 1.29 is 4.79 Å². The van der Waals surface area contributed by atoms with Gasteiger partial charge in [-0.25, -0.2) is 0 Å². The molecule has 3 rings (SSSR count). The molecule has 5 nitrogen and oxygen atoms in total. The summed E-state index contributed by atoms with van der Waals surface area (Å²) in [7, 11) is 1.99. The van der Waals surface area contributed by atoms with Gasteiger partial charge in [-0.3, -0.25) is 9.69 Å². The molecule has 1 aromatic heterocycles. The van der Waals surface area contributed by atoms with Crippen molar-refractivity contribution in [1.29, 1.82) is 0 Å². The second kappa shape index (κ2) is 6.54. The third-order valence-electron chi connectivity index (χ3n) is 3.96. The standard InChI is InChI=1S/C16H20N4OS/c1-12-17-18-15(22-12)11-19(2)14-9-6-10-20(16(14)21)13-7-4-3-5-8-13/h3-5,7-8,14H,6,9-11H2,1-2H3. The molecular formula is C16H20N4OS. The lowest BCUT2D eigenvalue weighted by Gasteiger charge is -2.36. The Balaban J connectivity index is 1.72. The fourth-order valence-electron chi connectivity index (χ4n) is 2.85. The highest BCUT2D eigenvalue weighted by atomic mass is 32.1. The van der Waals surface area contributed by atoms with Gasteiger partial charge in [-0.1, -0.05) is 18.2 Å². The molecule has 0 bridgehead atoms. The zero-order chi connectivity index (χ0) is 15.5. The summed E-state index contributed by atoms with van der Waals surface area (Å²) in [5.41, 5.74) is 0.984. The van der Waals surface area contributed by atoms with Gasteiger partial charge in [0, 0.05) is 12.2 Å². The van der Waals surface area contributed by atoms with Gasteiger partial charge in [0.25, 0.3) is 0 Å². The van der Waals surface area contributed by atoms with E-state index >= 15 is 0 Å².